The summed E-state index contributed by atoms with van der Waals surface area (Å²) in [7, 11) is 0. The molecule has 2 heterocycles. The van der Waals surface area contributed by atoms with E-state index in [0.29, 0.717) is 17.5 Å². The minimum absolute atomic E-state index is 0.00810. The average Bonchev–Trinajstić information content (AvgIpc) is 2.67. The Morgan fingerprint density at radius 3 is 2.56 bits per heavy atom. The molecule has 1 aromatic rings. The summed E-state index contributed by atoms with van der Waals surface area (Å²) in [5.74, 6) is -0.932. The minimum atomic E-state index is -0.924. The first kappa shape index (κ1) is 13.0. The van der Waals surface area contributed by atoms with Gasteiger partial charge in [-0.15, -0.1) is 11.3 Å². The molecule has 1 aliphatic heterocycles. The molecular formula is C9H10ClNO4S. The van der Waals surface area contributed by atoms with Crippen molar-refractivity contribution in [3.8, 4) is 0 Å². The number of rotatable bonds is 1. The van der Waals surface area contributed by atoms with E-state index in [9.17, 15) is 9.59 Å². The lowest BCUT2D eigenvalue weighted by Crippen LogP contribution is -2.36. The molecule has 1 fully saturated rings. The molecule has 0 atom stereocenters. The topological polar surface area (TPSA) is 75.6 Å². The van der Waals surface area contributed by atoms with Crippen LogP contribution in [0.15, 0.2) is 12.1 Å². The fourth-order valence-corrected chi connectivity index (χ4v) is 1.79. The maximum atomic E-state index is 10.2. The summed E-state index contributed by atoms with van der Waals surface area (Å²) >= 11 is 6.52. The van der Waals surface area contributed by atoms with Crippen molar-refractivity contribution in [2.75, 3.05) is 19.8 Å². The van der Waals surface area contributed by atoms with Crippen molar-refractivity contribution < 1.29 is 19.4 Å². The van der Waals surface area contributed by atoms with E-state index in [1.807, 2.05) is 0 Å². The van der Waals surface area contributed by atoms with Gasteiger partial charge in [-0.25, -0.2) is 4.79 Å². The molecule has 7 heteroatoms. The third kappa shape index (κ3) is 4.61. The van der Waals surface area contributed by atoms with Gasteiger partial charge >= 0.3 is 5.97 Å². The van der Waals surface area contributed by atoms with E-state index in [-0.39, 0.29) is 17.4 Å². The van der Waals surface area contributed by atoms with Crippen LogP contribution in [0.25, 0.3) is 0 Å². The molecule has 0 unspecified atom stereocenters. The van der Waals surface area contributed by atoms with E-state index in [1.54, 1.807) is 6.07 Å². The van der Waals surface area contributed by atoms with Crippen LogP contribution in [-0.2, 0) is 9.53 Å². The van der Waals surface area contributed by atoms with Crippen LogP contribution in [-0.4, -0.2) is 36.7 Å². The van der Waals surface area contributed by atoms with Gasteiger partial charge in [-0.05, 0) is 12.1 Å². The van der Waals surface area contributed by atoms with Crippen molar-refractivity contribution in [1.29, 1.82) is 0 Å². The standard InChI is InChI=1S/C5H3ClO2S.C4H7NO2/c6-4-2-1-3(9-4)5(7)8;6-4-3-7-2-1-5-4/h1-2H,(H,7,8);1-3H2,(H,5,6). The van der Waals surface area contributed by atoms with Gasteiger partial charge < -0.3 is 15.2 Å². The van der Waals surface area contributed by atoms with Crippen LogP contribution in [0.2, 0.25) is 4.34 Å². The Morgan fingerprint density at radius 2 is 2.31 bits per heavy atom. The summed E-state index contributed by atoms with van der Waals surface area (Å²) < 4.78 is 5.28. The van der Waals surface area contributed by atoms with Crippen LogP contribution in [0, 0.1) is 0 Å². The van der Waals surface area contributed by atoms with Gasteiger partial charge in [0.05, 0.1) is 10.9 Å². The maximum Gasteiger partial charge on any atom is 0.345 e. The van der Waals surface area contributed by atoms with Gasteiger partial charge in [0.2, 0.25) is 5.91 Å². The predicted molar refractivity (Wildman–Crippen MR) is 60.1 cm³/mol. The van der Waals surface area contributed by atoms with Gasteiger partial charge in [-0.2, -0.15) is 0 Å². The highest BCUT2D eigenvalue weighted by atomic mass is 35.5. The Bertz CT molecular complexity index is 371. The van der Waals surface area contributed by atoms with Crippen LogP contribution < -0.4 is 5.32 Å². The highest BCUT2D eigenvalue weighted by Crippen LogP contribution is 2.20. The first-order valence-electron chi connectivity index (χ1n) is 4.42. The van der Waals surface area contributed by atoms with E-state index in [4.69, 9.17) is 21.4 Å². The van der Waals surface area contributed by atoms with E-state index >= 15 is 0 Å². The Balaban J connectivity index is 0.000000165. The molecule has 16 heavy (non-hydrogen) atoms. The van der Waals surface area contributed by atoms with Crippen molar-refractivity contribution in [1.82, 2.24) is 5.32 Å². The third-order valence-electron chi connectivity index (χ3n) is 1.59. The van der Waals surface area contributed by atoms with Crippen LogP contribution in [0.3, 0.4) is 0 Å². The molecule has 5 nitrogen and oxygen atoms in total. The summed E-state index contributed by atoms with van der Waals surface area (Å²) in [4.78, 5) is 20.7. The lowest BCUT2D eigenvalue weighted by atomic mass is 10.5. The molecular weight excluding hydrogens is 254 g/mol. The van der Waals surface area contributed by atoms with E-state index in [0.717, 1.165) is 11.3 Å². The molecule has 1 saturated heterocycles. The summed E-state index contributed by atoms with van der Waals surface area (Å²) in [6.07, 6.45) is 0. The summed E-state index contributed by atoms with van der Waals surface area (Å²) in [6, 6.07) is 3.05. The Labute approximate surface area is 101 Å². The van der Waals surface area contributed by atoms with Gasteiger partial charge in [0, 0.05) is 6.54 Å². The van der Waals surface area contributed by atoms with Crippen molar-refractivity contribution in [3.05, 3.63) is 21.3 Å². The Kier molecular flexibility index (Phi) is 5.24. The minimum Gasteiger partial charge on any atom is -0.477 e. The highest BCUT2D eigenvalue weighted by molar-refractivity contribution is 7.17. The second-order valence-electron chi connectivity index (χ2n) is 2.81. The second kappa shape index (κ2) is 6.47. The molecule has 0 bridgehead atoms. The first-order valence-corrected chi connectivity index (χ1v) is 5.62. The summed E-state index contributed by atoms with van der Waals surface area (Å²) in [6.45, 7) is 1.56. The van der Waals surface area contributed by atoms with Gasteiger partial charge in [-0.3, -0.25) is 4.79 Å². The molecule has 1 amide bonds. The summed E-state index contributed by atoms with van der Waals surface area (Å²) in [5, 5.41) is 11.0. The van der Waals surface area contributed by atoms with Crippen LogP contribution >= 0.6 is 22.9 Å². The Hall–Kier alpha value is -1.11. The number of carboxylic acids is 1. The number of aromatic carboxylic acids is 1. The zero-order chi connectivity index (χ0) is 12.0. The van der Waals surface area contributed by atoms with Crippen LogP contribution in [0.5, 0.6) is 0 Å². The zero-order valence-electron chi connectivity index (χ0n) is 8.23. The smallest absolute Gasteiger partial charge is 0.345 e. The van der Waals surface area contributed by atoms with Crippen molar-refractivity contribution >= 4 is 34.8 Å². The number of nitrogens with one attached hydrogen (secondary N) is 1. The number of halogens is 1. The monoisotopic (exact) mass is 263 g/mol. The number of hydrogen-bond acceptors (Lipinski definition) is 4. The highest BCUT2D eigenvalue weighted by Gasteiger charge is 2.04. The molecule has 1 aromatic heterocycles. The maximum absolute atomic E-state index is 10.2. The van der Waals surface area contributed by atoms with E-state index in [2.05, 4.69) is 5.32 Å². The van der Waals surface area contributed by atoms with Crippen molar-refractivity contribution in [3.63, 3.8) is 0 Å². The largest absolute Gasteiger partial charge is 0.477 e. The number of ether oxygens (including phenoxy) is 1. The fourth-order valence-electron chi connectivity index (χ4n) is 0.908. The lowest BCUT2D eigenvalue weighted by Gasteiger charge is -2.10. The number of carbonyl (C=O) groups excluding carboxylic acids is 1. The SMILES string of the molecule is O=C(O)c1ccc(Cl)s1.O=C1COCCN1. The molecule has 0 aliphatic carbocycles. The van der Waals surface area contributed by atoms with Gasteiger partial charge in [0.15, 0.2) is 0 Å². The van der Waals surface area contributed by atoms with Gasteiger partial charge in [0.25, 0.3) is 0 Å². The molecule has 2 N–H and O–H groups in total. The number of hydrogen-bond donors (Lipinski definition) is 2. The molecule has 0 radical (unpaired) electrons. The Morgan fingerprint density at radius 1 is 1.56 bits per heavy atom. The van der Waals surface area contributed by atoms with Gasteiger partial charge in [-0.1, -0.05) is 11.6 Å². The number of thiophene rings is 1. The normalized spacial score (nSPS) is 14.7. The van der Waals surface area contributed by atoms with Gasteiger partial charge in [0.1, 0.15) is 11.5 Å². The molecule has 1 aliphatic rings. The first-order chi connectivity index (χ1) is 7.59. The zero-order valence-corrected chi connectivity index (χ0v) is 9.81. The second-order valence-corrected chi connectivity index (χ2v) is 4.53. The molecule has 0 saturated carbocycles. The number of amides is 1. The quantitative estimate of drug-likeness (QED) is 0.799. The molecule has 0 spiro atoms. The lowest BCUT2D eigenvalue weighted by molar-refractivity contribution is -0.128. The van der Waals surface area contributed by atoms with Crippen molar-refractivity contribution in [2.24, 2.45) is 0 Å². The fraction of sp³-hybridized carbons (Fsp3) is 0.333. The van der Waals surface area contributed by atoms with E-state index < -0.39 is 5.97 Å². The molecule has 0 aromatic carbocycles. The van der Waals surface area contributed by atoms with E-state index in [1.165, 1.54) is 6.07 Å². The van der Waals surface area contributed by atoms with Crippen LogP contribution in [0.1, 0.15) is 9.67 Å². The molecule has 88 valence electrons. The predicted octanol–water partition coefficient (Wildman–Crippen LogP) is 1.23. The number of carboxylic acid groups (broad SMARTS) is 1. The molecule has 2 rings (SSSR count). The third-order valence-corrected chi connectivity index (χ3v) is 2.80. The number of morpholine rings is 1. The van der Waals surface area contributed by atoms with Crippen LogP contribution in [0.4, 0.5) is 0 Å². The average molecular weight is 264 g/mol. The summed E-state index contributed by atoms with van der Waals surface area (Å²) in [5.41, 5.74) is 0. The number of carbonyl (C=O) groups is 2. The van der Waals surface area contributed by atoms with Crippen molar-refractivity contribution in [2.45, 2.75) is 0 Å².